The second kappa shape index (κ2) is 10.2. The third-order valence-electron chi connectivity index (χ3n) is 6.23. The maximum Gasteiger partial charge on any atom is 0.308 e. The van der Waals surface area contributed by atoms with Crippen molar-refractivity contribution in [2.75, 3.05) is 10.7 Å². The molecule has 0 saturated carbocycles. The number of carbonyl (C=O) groups excluding carboxylic acids is 2. The van der Waals surface area contributed by atoms with Gasteiger partial charge in [0, 0.05) is 24.7 Å². The number of hydrogen-bond acceptors (Lipinski definition) is 7. The molecule has 188 valence electrons. The topological polar surface area (TPSA) is 99.3 Å². The van der Waals surface area contributed by atoms with Crippen LogP contribution in [0.4, 0.5) is 5.69 Å². The first-order valence-electron chi connectivity index (χ1n) is 12.1. The molecule has 1 unspecified atom stereocenters. The van der Waals surface area contributed by atoms with Gasteiger partial charge in [-0.15, -0.1) is 0 Å². The highest BCUT2D eigenvalue weighted by Crippen LogP contribution is 2.44. The van der Waals surface area contributed by atoms with Crippen molar-refractivity contribution in [2.24, 2.45) is 0 Å². The molecule has 0 fully saturated rings. The Hall–Kier alpha value is -3.98. The van der Waals surface area contributed by atoms with Gasteiger partial charge >= 0.3 is 5.97 Å². The molecule has 2 heterocycles. The molecule has 37 heavy (non-hydrogen) atoms. The van der Waals surface area contributed by atoms with Gasteiger partial charge in [-0.2, -0.15) is 0 Å². The summed E-state index contributed by atoms with van der Waals surface area (Å²) < 4.78 is 7.23. The number of hydrogen-bond donors (Lipinski definition) is 0. The molecule has 1 aliphatic rings. The van der Waals surface area contributed by atoms with Crippen LogP contribution in [0.1, 0.15) is 45.3 Å². The molecule has 1 atom stereocenters. The monoisotopic (exact) mass is 514 g/mol. The van der Waals surface area contributed by atoms with Crippen LogP contribution >= 0.6 is 11.8 Å². The standard InChI is InChI=1S/C28H26N4O4S/c1-4-5-16-37-28-29-26(35)25-21-12-8-9-13-22(21)31(17(2)33)27(32(25)30-28)24-20-11-7-6-10-19(20)14-15-23(24)36-18(3)34/h6-15,27H,4-5,16H2,1-3H3. The first-order chi connectivity index (χ1) is 17.9. The highest BCUT2D eigenvalue weighted by atomic mass is 32.2. The molecule has 0 aliphatic carbocycles. The highest BCUT2D eigenvalue weighted by molar-refractivity contribution is 7.99. The van der Waals surface area contributed by atoms with E-state index in [4.69, 9.17) is 9.84 Å². The Labute approximate surface area is 218 Å². The first-order valence-corrected chi connectivity index (χ1v) is 13.1. The summed E-state index contributed by atoms with van der Waals surface area (Å²) in [5.74, 6) is -0.103. The summed E-state index contributed by atoms with van der Waals surface area (Å²) in [6.45, 7) is 4.90. The number of rotatable bonds is 6. The maximum absolute atomic E-state index is 13.5. The van der Waals surface area contributed by atoms with Gasteiger partial charge in [-0.1, -0.05) is 72.3 Å². The Balaban J connectivity index is 1.86. The van der Waals surface area contributed by atoms with Crippen LogP contribution < -0.4 is 19.4 Å². The van der Waals surface area contributed by atoms with Gasteiger partial charge in [0.15, 0.2) is 0 Å². The van der Waals surface area contributed by atoms with Crippen molar-refractivity contribution in [3.8, 4) is 22.9 Å². The quantitative estimate of drug-likeness (QED) is 0.124. The van der Waals surface area contributed by atoms with Gasteiger partial charge in [-0.25, -0.2) is 9.88 Å². The van der Waals surface area contributed by atoms with Crippen molar-refractivity contribution in [1.29, 1.82) is 0 Å². The number of amides is 1. The molecule has 1 amide bonds. The van der Waals surface area contributed by atoms with Gasteiger partial charge in [0.2, 0.25) is 5.91 Å². The van der Waals surface area contributed by atoms with E-state index in [0.717, 1.165) is 29.4 Å². The zero-order valence-corrected chi connectivity index (χ0v) is 21.6. The number of ether oxygens (including phenoxy) is 1. The molecule has 1 aliphatic heterocycles. The van der Waals surface area contributed by atoms with Crippen molar-refractivity contribution >= 4 is 40.1 Å². The lowest BCUT2D eigenvalue weighted by molar-refractivity contribution is -0.764. The zero-order chi connectivity index (χ0) is 26.1. The number of aromatic nitrogens is 3. The van der Waals surface area contributed by atoms with Crippen molar-refractivity contribution in [3.63, 3.8) is 0 Å². The van der Waals surface area contributed by atoms with Crippen molar-refractivity contribution < 1.29 is 24.1 Å². The van der Waals surface area contributed by atoms with Crippen molar-refractivity contribution in [2.45, 2.75) is 44.9 Å². The number of para-hydroxylation sites is 1. The van der Waals surface area contributed by atoms with Crippen LogP contribution in [0.3, 0.4) is 0 Å². The van der Waals surface area contributed by atoms with Gasteiger partial charge in [-0.3, -0.25) is 9.59 Å². The smallest absolute Gasteiger partial charge is 0.308 e. The van der Waals surface area contributed by atoms with Crippen LogP contribution in [0.5, 0.6) is 11.6 Å². The molecular formula is C28H26N4O4S. The summed E-state index contributed by atoms with van der Waals surface area (Å²) in [6.07, 6.45) is 1.07. The minimum atomic E-state index is -0.885. The number of benzene rings is 3. The molecule has 0 saturated heterocycles. The number of anilines is 1. The summed E-state index contributed by atoms with van der Waals surface area (Å²) >= 11 is 1.41. The van der Waals surface area contributed by atoms with E-state index in [1.54, 1.807) is 27.8 Å². The summed E-state index contributed by atoms with van der Waals surface area (Å²) in [7, 11) is 0. The van der Waals surface area contributed by atoms with E-state index in [2.05, 4.69) is 11.9 Å². The zero-order valence-electron chi connectivity index (χ0n) is 20.8. The Morgan fingerprint density at radius 2 is 1.84 bits per heavy atom. The fraction of sp³-hybridized carbons (Fsp3) is 0.250. The molecule has 4 aromatic rings. The molecule has 0 N–H and O–H groups in total. The van der Waals surface area contributed by atoms with Crippen LogP contribution in [0, 0.1) is 0 Å². The van der Waals surface area contributed by atoms with Crippen molar-refractivity contribution in [3.05, 3.63) is 66.2 Å². The van der Waals surface area contributed by atoms with Crippen LogP contribution in [-0.2, 0) is 9.59 Å². The van der Waals surface area contributed by atoms with E-state index in [1.807, 2.05) is 42.5 Å². The number of fused-ring (bicyclic) bond motifs is 4. The van der Waals surface area contributed by atoms with E-state index in [1.165, 1.54) is 25.6 Å². The summed E-state index contributed by atoms with van der Waals surface area (Å²) in [5, 5.41) is 20.3. The second-order valence-corrected chi connectivity index (χ2v) is 9.83. The van der Waals surface area contributed by atoms with E-state index in [-0.39, 0.29) is 11.6 Å². The third kappa shape index (κ3) is 4.51. The average molecular weight is 515 g/mol. The molecule has 0 bridgehead atoms. The molecule has 5 rings (SSSR count). The van der Waals surface area contributed by atoms with E-state index in [0.29, 0.717) is 27.7 Å². The Morgan fingerprint density at radius 3 is 2.59 bits per heavy atom. The predicted octanol–water partition coefficient (Wildman–Crippen LogP) is 4.39. The lowest BCUT2D eigenvalue weighted by atomic mass is 9.96. The minimum Gasteiger partial charge on any atom is -0.854 e. The van der Waals surface area contributed by atoms with Crippen LogP contribution in [0.2, 0.25) is 0 Å². The van der Waals surface area contributed by atoms with Crippen LogP contribution in [-0.4, -0.2) is 27.7 Å². The molecule has 3 aromatic carbocycles. The number of unbranched alkanes of at least 4 members (excludes halogenated alkanes) is 1. The molecule has 1 aromatic heterocycles. The number of thioether (sulfide) groups is 1. The van der Waals surface area contributed by atoms with Gasteiger partial charge in [-0.05, 0) is 35.4 Å². The fourth-order valence-electron chi connectivity index (χ4n) is 4.69. The SMILES string of the molecule is CCCCSc1nc([O-])c2[n+](n1)C(c1c(OC(C)=O)ccc3ccccc13)N(C(C)=O)c1ccccc1-2. The summed E-state index contributed by atoms with van der Waals surface area (Å²) in [4.78, 5) is 31.3. The maximum atomic E-state index is 13.5. The second-order valence-electron chi connectivity index (χ2n) is 8.77. The summed E-state index contributed by atoms with van der Waals surface area (Å²) in [6, 6.07) is 18.5. The first kappa shape index (κ1) is 24.7. The predicted molar refractivity (Wildman–Crippen MR) is 139 cm³/mol. The molecule has 0 spiro atoms. The minimum absolute atomic E-state index is 0.247. The average Bonchev–Trinajstić information content (AvgIpc) is 2.87. The number of carbonyl (C=O) groups is 2. The van der Waals surface area contributed by atoms with Gasteiger partial charge in [0.05, 0.1) is 22.7 Å². The lowest BCUT2D eigenvalue weighted by Gasteiger charge is -2.33. The molecule has 8 nitrogen and oxygen atoms in total. The Kier molecular flexibility index (Phi) is 6.80. The van der Waals surface area contributed by atoms with Crippen LogP contribution in [0.15, 0.2) is 65.8 Å². The van der Waals surface area contributed by atoms with Gasteiger partial charge in [0.25, 0.3) is 17.0 Å². The highest BCUT2D eigenvalue weighted by Gasteiger charge is 2.46. The molecule has 0 radical (unpaired) electrons. The van der Waals surface area contributed by atoms with E-state index in [9.17, 15) is 14.7 Å². The molecular weight excluding hydrogens is 488 g/mol. The largest absolute Gasteiger partial charge is 0.854 e. The van der Waals surface area contributed by atoms with Crippen molar-refractivity contribution in [1.82, 2.24) is 10.1 Å². The van der Waals surface area contributed by atoms with E-state index < -0.39 is 18.0 Å². The Morgan fingerprint density at radius 1 is 1.08 bits per heavy atom. The number of nitrogens with zero attached hydrogens (tertiary/aromatic N) is 4. The third-order valence-corrected chi connectivity index (χ3v) is 7.15. The lowest BCUT2D eigenvalue weighted by Crippen LogP contribution is -2.59. The normalized spacial score (nSPS) is 14.2. The van der Waals surface area contributed by atoms with Gasteiger partial charge < -0.3 is 9.84 Å². The van der Waals surface area contributed by atoms with E-state index >= 15 is 0 Å². The number of esters is 1. The Bertz CT molecular complexity index is 1520. The molecule has 9 heteroatoms. The summed E-state index contributed by atoms with van der Waals surface area (Å²) in [5.41, 5.74) is 1.97. The van der Waals surface area contributed by atoms with Crippen LogP contribution in [0.25, 0.3) is 22.0 Å². The van der Waals surface area contributed by atoms with Gasteiger partial charge in [0.1, 0.15) is 5.75 Å². The fourth-order valence-corrected chi connectivity index (χ4v) is 5.60.